The fourth-order valence-electron chi connectivity index (χ4n) is 2.50. The molecule has 10 N–H and O–H groups in total. The summed E-state index contributed by atoms with van der Waals surface area (Å²) >= 11 is 0. The number of aromatic amines is 1. The lowest BCUT2D eigenvalue weighted by molar-refractivity contribution is -0.148. The van der Waals surface area contributed by atoms with E-state index >= 15 is 0 Å². The van der Waals surface area contributed by atoms with Gasteiger partial charge in [0, 0.05) is 18.3 Å². The quantitative estimate of drug-likeness (QED) is 0.124. The number of rotatable bonds is 14. The van der Waals surface area contributed by atoms with Crippen LogP contribution in [0.15, 0.2) is 12.5 Å². The Bertz CT molecular complexity index is 874. The van der Waals surface area contributed by atoms with E-state index in [0.717, 1.165) is 0 Å². The van der Waals surface area contributed by atoms with E-state index in [1.807, 2.05) is 10.6 Å². The molecule has 0 radical (unpaired) electrons. The minimum absolute atomic E-state index is 0.0236. The molecule has 16 nitrogen and oxygen atoms in total. The summed E-state index contributed by atoms with van der Waals surface area (Å²) in [6.45, 7) is -0.938. The monoisotopic (exact) mass is 472 g/mol. The second kappa shape index (κ2) is 12.7. The highest BCUT2D eigenvalue weighted by molar-refractivity contribution is 5.96. The molecule has 0 bridgehead atoms. The van der Waals surface area contributed by atoms with Gasteiger partial charge < -0.3 is 47.1 Å². The van der Waals surface area contributed by atoms with Crippen LogP contribution in [0.2, 0.25) is 0 Å². The predicted octanol–water partition coefficient (Wildman–Crippen LogP) is -4.24. The number of aromatic nitrogens is 2. The van der Waals surface area contributed by atoms with Gasteiger partial charge in [0.2, 0.25) is 17.7 Å². The first kappa shape index (κ1) is 27.0. The van der Waals surface area contributed by atoms with Gasteiger partial charge in [0.25, 0.3) is 0 Å². The number of amides is 3. The summed E-state index contributed by atoms with van der Waals surface area (Å²) in [5.74, 6) is -8.09. The van der Waals surface area contributed by atoms with Crippen LogP contribution in [0, 0.1) is 0 Å². The lowest BCUT2D eigenvalue weighted by Crippen LogP contribution is -2.58. The van der Waals surface area contributed by atoms with Gasteiger partial charge in [0.1, 0.15) is 18.1 Å². The van der Waals surface area contributed by atoms with Gasteiger partial charge >= 0.3 is 17.9 Å². The first-order valence-electron chi connectivity index (χ1n) is 9.35. The van der Waals surface area contributed by atoms with Crippen LogP contribution in [-0.4, -0.2) is 96.8 Å². The van der Waals surface area contributed by atoms with Crippen LogP contribution in [0.25, 0.3) is 0 Å². The van der Waals surface area contributed by atoms with Crippen LogP contribution >= 0.6 is 0 Å². The number of hydrogen-bond donors (Lipinski definition) is 9. The number of carboxylic acids is 3. The second-order valence-electron chi connectivity index (χ2n) is 6.79. The molecule has 0 fully saturated rings. The zero-order valence-corrected chi connectivity index (χ0v) is 17.1. The highest BCUT2D eigenvalue weighted by atomic mass is 16.4. The van der Waals surface area contributed by atoms with Crippen molar-refractivity contribution in [3.63, 3.8) is 0 Å². The number of aliphatic hydroxyl groups is 1. The van der Waals surface area contributed by atoms with E-state index < -0.39 is 79.2 Å². The third kappa shape index (κ3) is 9.32. The Morgan fingerprint density at radius 3 is 1.88 bits per heavy atom. The molecular weight excluding hydrogens is 448 g/mol. The lowest BCUT2D eigenvalue weighted by atomic mass is 10.1. The summed E-state index contributed by atoms with van der Waals surface area (Å²) in [5.41, 5.74) is 6.25. The number of aliphatic hydroxyl groups excluding tert-OH is 1. The summed E-state index contributed by atoms with van der Waals surface area (Å²) in [6.07, 6.45) is 0.812. The Balaban J connectivity index is 2.83. The SMILES string of the molecule is NC(Cc1cnc[nH]1)C(=O)NC(CO)C(=O)NC(CC(=O)O)C(=O)NC(CC(=O)O)C(=O)O. The average molecular weight is 472 g/mol. The third-order valence-electron chi connectivity index (χ3n) is 4.15. The van der Waals surface area contributed by atoms with Crippen LogP contribution in [0.5, 0.6) is 0 Å². The molecule has 1 aromatic heterocycles. The minimum Gasteiger partial charge on any atom is -0.481 e. The van der Waals surface area contributed by atoms with Gasteiger partial charge in [-0.1, -0.05) is 0 Å². The first-order valence-corrected chi connectivity index (χ1v) is 9.35. The van der Waals surface area contributed by atoms with E-state index in [1.54, 1.807) is 0 Å². The number of carbonyl (C=O) groups excluding carboxylic acids is 3. The van der Waals surface area contributed by atoms with Crippen LogP contribution in [0.4, 0.5) is 0 Å². The maximum Gasteiger partial charge on any atom is 0.326 e. The van der Waals surface area contributed by atoms with Gasteiger partial charge in [-0.3, -0.25) is 24.0 Å². The summed E-state index contributed by atoms with van der Waals surface area (Å²) < 4.78 is 0. The van der Waals surface area contributed by atoms with E-state index in [4.69, 9.17) is 21.1 Å². The largest absolute Gasteiger partial charge is 0.481 e. The van der Waals surface area contributed by atoms with Crippen LogP contribution in [-0.2, 0) is 35.2 Å². The molecule has 0 aromatic carbocycles. The minimum atomic E-state index is -1.89. The van der Waals surface area contributed by atoms with Gasteiger partial charge in [-0.15, -0.1) is 0 Å². The van der Waals surface area contributed by atoms with Crippen LogP contribution < -0.4 is 21.7 Å². The fourth-order valence-corrected chi connectivity index (χ4v) is 2.50. The van der Waals surface area contributed by atoms with Gasteiger partial charge in [-0.05, 0) is 0 Å². The van der Waals surface area contributed by atoms with Crippen molar-refractivity contribution in [1.29, 1.82) is 0 Å². The standard InChI is InChI=1S/C17H24N6O10/c18-8(1-7-4-19-6-20-7)14(29)23-11(5-24)16(31)21-9(2-12(25)26)15(30)22-10(17(32)33)3-13(27)28/h4,6,8-11,24H,1-3,5,18H2,(H,19,20)(H,21,31)(H,22,30)(H,23,29)(H,25,26)(H,27,28)(H,32,33). The smallest absolute Gasteiger partial charge is 0.326 e. The van der Waals surface area contributed by atoms with Crippen molar-refractivity contribution < 1.29 is 49.2 Å². The molecule has 0 spiro atoms. The van der Waals surface area contributed by atoms with Crippen LogP contribution in [0.3, 0.4) is 0 Å². The maximum absolute atomic E-state index is 12.4. The number of carbonyl (C=O) groups is 6. The third-order valence-corrected chi connectivity index (χ3v) is 4.15. The van der Waals surface area contributed by atoms with Crippen LogP contribution in [0.1, 0.15) is 18.5 Å². The number of aliphatic carboxylic acids is 3. The summed E-state index contributed by atoms with van der Waals surface area (Å²) in [5, 5.41) is 42.1. The number of nitrogens with zero attached hydrogens (tertiary/aromatic N) is 1. The normalized spacial score (nSPS) is 14.2. The van der Waals surface area contributed by atoms with Crippen molar-refractivity contribution in [3.05, 3.63) is 18.2 Å². The second-order valence-corrected chi connectivity index (χ2v) is 6.79. The molecule has 1 aromatic rings. The van der Waals surface area contributed by atoms with Gasteiger partial charge in [-0.25, -0.2) is 9.78 Å². The summed E-state index contributed by atoms with van der Waals surface area (Å²) in [4.78, 5) is 76.3. The van der Waals surface area contributed by atoms with E-state index in [1.165, 1.54) is 12.5 Å². The summed E-state index contributed by atoms with van der Waals surface area (Å²) in [6, 6.07) is -6.49. The predicted molar refractivity (Wildman–Crippen MR) is 105 cm³/mol. The Morgan fingerprint density at radius 2 is 1.39 bits per heavy atom. The maximum atomic E-state index is 12.4. The number of nitrogens with one attached hydrogen (secondary N) is 4. The number of imidazole rings is 1. The Kier molecular flexibility index (Phi) is 10.4. The topological polar surface area (TPSA) is 274 Å². The van der Waals surface area contributed by atoms with Crippen molar-refractivity contribution in [2.45, 2.75) is 43.4 Å². The van der Waals surface area contributed by atoms with E-state index in [2.05, 4.69) is 15.3 Å². The molecule has 1 heterocycles. The molecule has 0 saturated carbocycles. The molecule has 4 unspecified atom stereocenters. The van der Waals surface area contributed by atoms with Gasteiger partial charge in [0.15, 0.2) is 0 Å². The molecule has 0 aliphatic heterocycles. The van der Waals surface area contributed by atoms with Crippen molar-refractivity contribution >= 4 is 35.6 Å². The van der Waals surface area contributed by atoms with E-state index in [-0.39, 0.29) is 6.42 Å². The Hall–Kier alpha value is -4.05. The average Bonchev–Trinajstić information content (AvgIpc) is 3.22. The molecule has 33 heavy (non-hydrogen) atoms. The zero-order valence-electron chi connectivity index (χ0n) is 17.1. The Morgan fingerprint density at radius 1 is 0.879 bits per heavy atom. The Labute approximate surface area is 185 Å². The molecule has 4 atom stereocenters. The van der Waals surface area contributed by atoms with Crippen molar-refractivity contribution in [2.75, 3.05) is 6.61 Å². The van der Waals surface area contributed by atoms with Crippen molar-refractivity contribution in [1.82, 2.24) is 25.9 Å². The highest BCUT2D eigenvalue weighted by Crippen LogP contribution is 2.01. The molecule has 0 saturated heterocycles. The van der Waals surface area contributed by atoms with E-state index in [0.29, 0.717) is 5.69 Å². The molecule has 0 aliphatic carbocycles. The summed E-state index contributed by atoms with van der Waals surface area (Å²) in [7, 11) is 0. The molecule has 0 aliphatic rings. The number of carboxylic acid groups (broad SMARTS) is 3. The first-order chi connectivity index (χ1) is 15.4. The number of H-pyrrole nitrogens is 1. The molecule has 1 rings (SSSR count). The fraction of sp³-hybridized carbons (Fsp3) is 0.471. The number of hydrogen-bond acceptors (Lipinski definition) is 9. The van der Waals surface area contributed by atoms with Crippen molar-refractivity contribution in [2.24, 2.45) is 5.73 Å². The van der Waals surface area contributed by atoms with Gasteiger partial charge in [-0.2, -0.15) is 0 Å². The highest BCUT2D eigenvalue weighted by Gasteiger charge is 2.32. The number of nitrogens with two attached hydrogens (primary N) is 1. The molecule has 16 heteroatoms. The van der Waals surface area contributed by atoms with Gasteiger partial charge in [0.05, 0.1) is 31.8 Å². The molecule has 182 valence electrons. The van der Waals surface area contributed by atoms with E-state index in [9.17, 15) is 33.9 Å². The van der Waals surface area contributed by atoms with Crippen molar-refractivity contribution in [3.8, 4) is 0 Å². The molecule has 3 amide bonds. The zero-order chi connectivity index (χ0) is 25.1. The lowest BCUT2D eigenvalue weighted by Gasteiger charge is -2.23. The molecular formula is C17H24N6O10.